The fraction of sp³-hybridized carbons (Fsp3) is 0.941. The highest BCUT2D eigenvalue weighted by atomic mass is 16.6. The minimum absolute atomic E-state index is 0.00301. The molecule has 0 radical (unpaired) electrons. The number of rotatable bonds is 3. The van der Waals surface area contributed by atoms with E-state index >= 15 is 0 Å². The van der Waals surface area contributed by atoms with Crippen LogP contribution in [-0.2, 0) is 9.53 Å². The first kappa shape index (κ1) is 13.5. The highest BCUT2D eigenvalue weighted by molar-refractivity contribution is 5.69. The Kier molecular flexibility index (Phi) is 3.18. The van der Waals surface area contributed by atoms with Crippen molar-refractivity contribution in [3.63, 3.8) is 0 Å². The quantitative estimate of drug-likeness (QED) is 0.709. The number of carbonyl (C=O) groups is 1. The summed E-state index contributed by atoms with van der Waals surface area (Å²) >= 11 is 0. The summed E-state index contributed by atoms with van der Waals surface area (Å²) in [5.41, 5.74) is 0.171. The molecule has 4 fully saturated rings. The molecule has 2 heteroatoms. The van der Waals surface area contributed by atoms with Gasteiger partial charge in [0.1, 0.15) is 5.60 Å². The van der Waals surface area contributed by atoms with Crippen molar-refractivity contribution in [1.29, 1.82) is 0 Å². The topological polar surface area (TPSA) is 26.3 Å². The molecular weight excluding hydrogens is 236 g/mol. The molecule has 4 rings (SSSR count). The van der Waals surface area contributed by atoms with Gasteiger partial charge in [0.2, 0.25) is 0 Å². The third kappa shape index (κ3) is 2.98. The lowest BCUT2D eigenvalue weighted by atomic mass is 9.48. The molecule has 0 aliphatic heterocycles. The van der Waals surface area contributed by atoms with Crippen LogP contribution in [0.3, 0.4) is 0 Å². The highest BCUT2D eigenvalue weighted by Crippen LogP contribution is 2.61. The molecule has 4 saturated carbocycles. The van der Waals surface area contributed by atoms with E-state index in [9.17, 15) is 4.79 Å². The van der Waals surface area contributed by atoms with Crippen molar-refractivity contribution in [2.75, 3.05) is 0 Å². The van der Waals surface area contributed by atoms with Gasteiger partial charge in [-0.05, 0) is 88.9 Å². The number of esters is 1. The number of hydrogen-bond acceptors (Lipinski definition) is 2. The highest BCUT2D eigenvalue weighted by Gasteiger charge is 2.50. The van der Waals surface area contributed by atoms with Crippen molar-refractivity contribution in [2.24, 2.45) is 23.2 Å². The average Bonchev–Trinajstić information content (AvgIpc) is 2.22. The van der Waals surface area contributed by atoms with E-state index in [1.807, 2.05) is 20.8 Å². The zero-order valence-corrected chi connectivity index (χ0v) is 12.7. The molecule has 108 valence electrons. The fourth-order valence-corrected chi connectivity index (χ4v) is 5.36. The molecule has 0 aromatic rings. The lowest BCUT2D eigenvalue weighted by molar-refractivity contribution is -0.156. The van der Waals surface area contributed by atoms with Crippen LogP contribution in [0, 0.1) is 23.2 Å². The summed E-state index contributed by atoms with van der Waals surface area (Å²) in [6.45, 7) is 5.86. The van der Waals surface area contributed by atoms with Crippen LogP contribution >= 0.6 is 0 Å². The van der Waals surface area contributed by atoms with Crippen LogP contribution in [0.2, 0.25) is 0 Å². The molecule has 19 heavy (non-hydrogen) atoms. The largest absolute Gasteiger partial charge is 0.460 e. The van der Waals surface area contributed by atoms with E-state index in [4.69, 9.17) is 4.74 Å². The summed E-state index contributed by atoms with van der Waals surface area (Å²) in [5, 5.41) is 0. The van der Waals surface area contributed by atoms with Gasteiger partial charge in [-0.2, -0.15) is 0 Å². The molecule has 4 aliphatic rings. The van der Waals surface area contributed by atoms with Gasteiger partial charge in [-0.25, -0.2) is 0 Å². The summed E-state index contributed by atoms with van der Waals surface area (Å²) in [5.74, 6) is 2.93. The molecule has 0 heterocycles. The first-order chi connectivity index (χ1) is 8.84. The fourth-order valence-electron chi connectivity index (χ4n) is 5.36. The van der Waals surface area contributed by atoms with Gasteiger partial charge >= 0.3 is 5.97 Å². The van der Waals surface area contributed by atoms with Crippen LogP contribution in [0.15, 0.2) is 0 Å². The second-order valence-electron chi connectivity index (χ2n) is 8.50. The average molecular weight is 264 g/mol. The second-order valence-corrected chi connectivity index (χ2v) is 8.50. The normalized spacial score (nSPS) is 40.5. The predicted molar refractivity (Wildman–Crippen MR) is 75.7 cm³/mol. The molecular formula is C17H28O2. The Morgan fingerprint density at radius 3 is 1.95 bits per heavy atom. The van der Waals surface area contributed by atoms with E-state index in [2.05, 4.69) is 0 Å². The smallest absolute Gasteiger partial charge is 0.306 e. The maximum atomic E-state index is 11.9. The van der Waals surface area contributed by atoms with Crippen molar-refractivity contribution in [2.45, 2.75) is 77.7 Å². The molecule has 2 nitrogen and oxygen atoms in total. The molecule has 0 aromatic heterocycles. The first-order valence-electron chi connectivity index (χ1n) is 8.05. The molecule has 0 saturated heterocycles. The van der Waals surface area contributed by atoms with Gasteiger partial charge in [-0.1, -0.05) is 0 Å². The molecule has 4 aliphatic carbocycles. The van der Waals surface area contributed by atoms with E-state index in [1.165, 1.54) is 38.5 Å². The minimum Gasteiger partial charge on any atom is -0.460 e. The Labute approximate surface area is 117 Å². The zero-order chi connectivity index (χ0) is 13.7. The summed E-state index contributed by atoms with van der Waals surface area (Å²) < 4.78 is 5.46. The number of ether oxygens (including phenoxy) is 1. The van der Waals surface area contributed by atoms with Crippen LogP contribution in [0.1, 0.15) is 72.1 Å². The van der Waals surface area contributed by atoms with Gasteiger partial charge in [0, 0.05) is 6.42 Å². The van der Waals surface area contributed by atoms with E-state index in [1.54, 1.807) is 0 Å². The zero-order valence-electron chi connectivity index (χ0n) is 12.7. The third-order valence-corrected chi connectivity index (χ3v) is 5.44. The standard InChI is InChI=1S/C17H28O2/c1-16(2,3)19-15(18)4-5-17-9-12-6-13(10-17)8-14(7-12)11-17/h12-14H,4-11H2,1-3H3. The van der Waals surface area contributed by atoms with Gasteiger partial charge in [-0.15, -0.1) is 0 Å². The summed E-state index contributed by atoms with van der Waals surface area (Å²) in [6, 6.07) is 0. The lowest BCUT2D eigenvalue weighted by Crippen LogP contribution is -2.46. The second kappa shape index (κ2) is 4.49. The van der Waals surface area contributed by atoms with Crippen LogP contribution in [0.25, 0.3) is 0 Å². The van der Waals surface area contributed by atoms with Crippen LogP contribution < -0.4 is 0 Å². The maximum absolute atomic E-state index is 11.9. The molecule has 0 aromatic carbocycles. The van der Waals surface area contributed by atoms with Crippen molar-refractivity contribution in [3.05, 3.63) is 0 Å². The van der Waals surface area contributed by atoms with E-state index < -0.39 is 0 Å². The summed E-state index contributed by atoms with van der Waals surface area (Å²) in [4.78, 5) is 11.9. The molecule has 0 unspecified atom stereocenters. The minimum atomic E-state index is -0.335. The van der Waals surface area contributed by atoms with Gasteiger partial charge in [-0.3, -0.25) is 4.79 Å². The molecule has 0 N–H and O–H groups in total. The Hall–Kier alpha value is -0.530. The summed E-state index contributed by atoms with van der Waals surface area (Å²) in [6.07, 6.45) is 10.3. The van der Waals surface area contributed by atoms with Gasteiger partial charge in [0.25, 0.3) is 0 Å². The Morgan fingerprint density at radius 2 is 1.53 bits per heavy atom. The van der Waals surface area contributed by atoms with E-state index in [0.29, 0.717) is 11.8 Å². The lowest BCUT2D eigenvalue weighted by Gasteiger charge is -2.57. The van der Waals surface area contributed by atoms with E-state index in [-0.39, 0.29) is 11.6 Å². The molecule has 0 atom stereocenters. The monoisotopic (exact) mass is 264 g/mol. The Balaban J connectivity index is 1.57. The molecule has 0 spiro atoms. The van der Waals surface area contributed by atoms with Crippen LogP contribution in [-0.4, -0.2) is 11.6 Å². The van der Waals surface area contributed by atoms with Gasteiger partial charge in [0.05, 0.1) is 0 Å². The summed E-state index contributed by atoms with van der Waals surface area (Å²) in [7, 11) is 0. The number of carbonyl (C=O) groups excluding carboxylic acids is 1. The molecule has 4 bridgehead atoms. The van der Waals surface area contributed by atoms with Crippen LogP contribution in [0.5, 0.6) is 0 Å². The molecule has 0 amide bonds. The van der Waals surface area contributed by atoms with Crippen molar-refractivity contribution in [3.8, 4) is 0 Å². The van der Waals surface area contributed by atoms with E-state index in [0.717, 1.165) is 24.2 Å². The Bertz CT molecular complexity index is 329. The van der Waals surface area contributed by atoms with Crippen molar-refractivity contribution >= 4 is 5.97 Å². The first-order valence-corrected chi connectivity index (χ1v) is 8.05. The Morgan fingerprint density at radius 1 is 1.05 bits per heavy atom. The number of hydrogen-bond donors (Lipinski definition) is 0. The van der Waals surface area contributed by atoms with Gasteiger partial charge in [0.15, 0.2) is 0 Å². The SMILES string of the molecule is CC(C)(C)OC(=O)CCC12CC3CC(CC(C3)C1)C2. The van der Waals surface area contributed by atoms with Gasteiger partial charge < -0.3 is 4.74 Å². The van der Waals surface area contributed by atoms with Crippen molar-refractivity contribution < 1.29 is 9.53 Å². The predicted octanol–water partition coefficient (Wildman–Crippen LogP) is 4.32. The van der Waals surface area contributed by atoms with Crippen LogP contribution in [0.4, 0.5) is 0 Å². The third-order valence-electron chi connectivity index (χ3n) is 5.44. The van der Waals surface area contributed by atoms with Crippen molar-refractivity contribution in [1.82, 2.24) is 0 Å². The maximum Gasteiger partial charge on any atom is 0.306 e.